The summed E-state index contributed by atoms with van der Waals surface area (Å²) in [6.45, 7) is 6.25. The van der Waals surface area contributed by atoms with Crippen LogP contribution < -0.4 is 4.74 Å². The number of rotatable bonds is 3. The third kappa shape index (κ3) is 3.35. The maximum absolute atomic E-state index is 13.6. The van der Waals surface area contributed by atoms with Crippen molar-refractivity contribution in [2.45, 2.75) is 32.8 Å². The molecule has 2 aromatic rings. The topological polar surface area (TPSA) is 9.23 Å². The van der Waals surface area contributed by atoms with Crippen LogP contribution in [0.5, 0.6) is 5.75 Å². The lowest BCUT2D eigenvalue weighted by atomic mass is 9.86. The van der Waals surface area contributed by atoms with Gasteiger partial charge in [0.2, 0.25) is 0 Å². The lowest BCUT2D eigenvalue weighted by Gasteiger charge is -2.22. The Labute approximate surface area is 118 Å². The molecule has 0 spiro atoms. The molecule has 1 nitrogen and oxygen atoms in total. The molecule has 0 heterocycles. The van der Waals surface area contributed by atoms with E-state index in [-0.39, 0.29) is 17.6 Å². The summed E-state index contributed by atoms with van der Waals surface area (Å²) in [5.41, 5.74) is 1.18. The van der Waals surface area contributed by atoms with Crippen molar-refractivity contribution >= 4 is 0 Å². The molecule has 20 heavy (non-hydrogen) atoms. The zero-order valence-corrected chi connectivity index (χ0v) is 11.9. The number of para-hydroxylation sites is 1. The molecule has 0 amide bonds. The highest BCUT2D eigenvalue weighted by molar-refractivity contribution is 5.38. The van der Waals surface area contributed by atoms with Gasteiger partial charge in [-0.3, -0.25) is 0 Å². The Hall–Kier alpha value is -1.90. The first kappa shape index (κ1) is 14.5. The second-order valence-electron chi connectivity index (χ2n) is 5.77. The van der Waals surface area contributed by atoms with Gasteiger partial charge in [-0.25, -0.2) is 8.78 Å². The second kappa shape index (κ2) is 5.61. The Bertz CT molecular complexity index is 600. The molecule has 0 aromatic heterocycles. The molecule has 0 bridgehead atoms. The number of halogens is 2. The summed E-state index contributed by atoms with van der Waals surface area (Å²) in [5.74, 6) is -0.225. The van der Waals surface area contributed by atoms with Crippen molar-refractivity contribution in [2.75, 3.05) is 0 Å². The quantitative estimate of drug-likeness (QED) is 0.779. The fraction of sp³-hybridized carbons (Fsp3) is 0.294. The SMILES string of the molecule is CC(C)(C)c1ccccc1OCc1cc(F)ccc1F. The highest BCUT2D eigenvalue weighted by atomic mass is 19.1. The summed E-state index contributed by atoms with van der Waals surface area (Å²) in [6, 6.07) is 11.0. The molecule has 0 aliphatic rings. The summed E-state index contributed by atoms with van der Waals surface area (Å²) in [4.78, 5) is 0. The predicted molar refractivity (Wildman–Crippen MR) is 75.8 cm³/mol. The van der Waals surface area contributed by atoms with Crippen molar-refractivity contribution in [3.8, 4) is 5.75 Å². The Morgan fingerprint density at radius 1 is 1.00 bits per heavy atom. The standard InChI is InChI=1S/C17H18F2O/c1-17(2,3)14-6-4-5-7-16(14)20-11-12-10-13(18)8-9-15(12)19/h4-10H,11H2,1-3H3. The average molecular weight is 276 g/mol. The molecule has 2 aromatic carbocycles. The summed E-state index contributed by atoms with van der Waals surface area (Å²) in [6.07, 6.45) is 0. The lowest BCUT2D eigenvalue weighted by Crippen LogP contribution is -2.13. The summed E-state index contributed by atoms with van der Waals surface area (Å²) in [5, 5.41) is 0. The van der Waals surface area contributed by atoms with E-state index in [4.69, 9.17) is 4.74 Å². The molecule has 106 valence electrons. The Balaban J connectivity index is 2.21. The lowest BCUT2D eigenvalue weighted by molar-refractivity contribution is 0.291. The molecule has 0 radical (unpaired) electrons. The first-order valence-electron chi connectivity index (χ1n) is 6.54. The van der Waals surface area contributed by atoms with Crippen LogP contribution >= 0.6 is 0 Å². The van der Waals surface area contributed by atoms with E-state index < -0.39 is 11.6 Å². The molecule has 0 N–H and O–H groups in total. The molecule has 0 unspecified atom stereocenters. The molecule has 0 saturated heterocycles. The van der Waals surface area contributed by atoms with Crippen LogP contribution in [0.1, 0.15) is 31.9 Å². The van der Waals surface area contributed by atoms with Crippen LogP contribution in [-0.2, 0) is 12.0 Å². The van der Waals surface area contributed by atoms with Gasteiger partial charge in [-0.15, -0.1) is 0 Å². The summed E-state index contributed by atoms with van der Waals surface area (Å²) in [7, 11) is 0. The van der Waals surface area contributed by atoms with Crippen LogP contribution in [0.25, 0.3) is 0 Å². The van der Waals surface area contributed by atoms with Gasteiger partial charge in [-0.05, 0) is 35.2 Å². The molecule has 0 fully saturated rings. The minimum absolute atomic E-state index is 0.0106. The highest BCUT2D eigenvalue weighted by Gasteiger charge is 2.18. The van der Waals surface area contributed by atoms with Gasteiger partial charge in [-0.2, -0.15) is 0 Å². The fourth-order valence-corrected chi connectivity index (χ4v) is 2.02. The van der Waals surface area contributed by atoms with E-state index in [1.54, 1.807) is 0 Å². The van der Waals surface area contributed by atoms with Gasteiger partial charge in [0, 0.05) is 5.56 Å². The third-order valence-electron chi connectivity index (χ3n) is 3.09. The fourth-order valence-electron chi connectivity index (χ4n) is 2.02. The van der Waals surface area contributed by atoms with Gasteiger partial charge >= 0.3 is 0 Å². The molecule has 0 aliphatic heterocycles. The monoisotopic (exact) mass is 276 g/mol. The van der Waals surface area contributed by atoms with Crippen LogP contribution in [0.2, 0.25) is 0 Å². The van der Waals surface area contributed by atoms with Crippen LogP contribution in [-0.4, -0.2) is 0 Å². The molecular weight excluding hydrogens is 258 g/mol. The van der Waals surface area contributed by atoms with Crippen LogP contribution in [0, 0.1) is 11.6 Å². The normalized spacial score (nSPS) is 11.4. The van der Waals surface area contributed by atoms with Gasteiger partial charge in [-0.1, -0.05) is 39.0 Å². The maximum Gasteiger partial charge on any atom is 0.130 e. The maximum atomic E-state index is 13.6. The van der Waals surface area contributed by atoms with Gasteiger partial charge < -0.3 is 4.74 Å². The van der Waals surface area contributed by atoms with E-state index in [9.17, 15) is 8.78 Å². The largest absolute Gasteiger partial charge is 0.488 e. The zero-order chi connectivity index (χ0) is 14.8. The van der Waals surface area contributed by atoms with Gasteiger partial charge in [0.25, 0.3) is 0 Å². The van der Waals surface area contributed by atoms with Crippen molar-refractivity contribution in [2.24, 2.45) is 0 Å². The van der Waals surface area contributed by atoms with E-state index in [0.717, 1.165) is 23.8 Å². The van der Waals surface area contributed by atoms with Gasteiger partial charge in [0.05, 0.1) is 0 Å². The highest BCUT2D eigenvalue weighted by Crippen LogP contribution is 2.31. The van der Waals surface area contributed by atoms with Crippen molar-refractivity contribution < 1.29 is 13.5 Å². The minimum atomic E-state index is -0.464. The number of hydrogen-bond acceptors (Lipinski definition) is 1. The zero-order valence-electron chi connectivity index (χ0n) is 11.9. The van der Waals surface area contributed by atoms with E-state index >= 15 is 0 Å². The van der Waals surface area contributed by atoms with E-state index in [1.807, 2.05) is 24.3 Å². The van der Waals surface area contributed by atoms with E-state index in [0.29, 0.717) is 5.75 Å². The molecular formula is C17H18F2O. The van der Waals surface area contributed by atoms with Crippen LogP contribution in [0.15, 0.2) is 42.5 Å². The van der Waals surface area contributed by atoms with Crippen LogP contribution in [0.4, 0.5) is 8.78 Å². The van der Waals surface area contributed by atoms with Gasteiger partial charge in [0.15, 0.2) is 0 Å². The Morgan fingerprint density at radius 2 is 1.70 bits per heavy atom. The summed E-state index contributed by atoms with van der Waals surface area (Å²) >= 11 is 0. The Kier molecular flexibility index (Phi) is 4.07. The van der Waals surface area contributed by atoms with Crippen molar-refractivity contribution in [3.63, 3.8) is 0 Å². The smallest absolute Gasteiger partial charge is 0.130 e. The van der Waals surface area contributed by atoms with Crippen molar-refractivity contribution in [1.82, 2.24) is 0 Å². The number of ether oxygens (including phenoxy) is 1. The van der Waals surface area contributed by atoms with E-state index in [1.165, 1.54) is 0 Å². The first-order chi connectivity index (χ1) is 9.38. The molecule has 0 saturated carbocycles. The minimum Gasteiger partial charge on any atom is -0.488 e. The molecule has 0 aliphatic carbocycles. The predicted octanol–water partition coefficient (Wildman–Crippen LogP) is 4.84. The number of benzene rings is 2. The van der Waals surface area contributed by atoms with Crippen molar-refractivity contribution in [1.29, 1.82) is 0 Å². The molecule has 0 atom stereocenters. The van der Waals surface area contributed by atoms with Gasteiger partial charge in [0.1, 0.15) is 24.0 Å². The third-order valence-corrected chi connectivity index (χ3v) is 3.09. The van der Waals surface area contributed by atoms with Crippen molar-refractivity contribution in [3.05, 3.63) is 65.2 Å². The Morgan fingerprint density at radius 3 is 2.40 bits per heavy atom. The van der Waals surface area contributed by atoms with E-state index in [2.05, 4.69) is 20.8 Å². The van der Waals surface area contributed by atoms with Crippen LogP contribution in [0.3, 0.4) is 0 Å². The molecule has 3 heteroatoms. The number of hydrogen-bond donors (Lipinski definition) is 0. The average Bonchev–Trinajstić information content (AvgIpc) is 2.39. The first-order valence-corrected chi connectivity index (χ1v) is 6.54. The second-order valence-corrected chi connectivity index (χ2v) is 5.77. The molecule has 2 rings (SSSR count). The summed E-state index contributed by atoms with van der Waals surface area (Å²) < 4.78 is 32.4.